The summed E-state index contributed by atoms with van der Waals surface area (Å²) in [5, 5.41) is 17.5. The van der Waals surface area contributed by atoms with Crippen molar-refractivity contribution in [3.8, 4) is 0 Å². The fourth-order valence-electron chi connectivity index (χ4n) is 0.807. The number of Topliss-reactive ketones (excluding diaryl/α,β-unsaturated/α-hetero) is 1. The van der Waals surface area contributed by atoms with E-state index in [0.29, 0.717) is 12.7 Å². The van der Waals surface area contributed by atoms with Crippen LogP contribution in [0.3, 0.4) is 0 Å². The number of aliphatic hydroxyl groups excluding tert-OH is 2. The first-order chi connectivity index (χ1) is 5.72. The Kier molecular flexibility index (Phi) is 6.51. The minimum absolute atomic E-state index is 0.0495. The van der Waals surface area contributed by atoms with Crippen molar-refractivity contribution in [2.24, 2.45) is 0 Å². The lowest BCUT2D eigenvalue weighted by Gasteiger charge is -2.05. The molecule has 70 valence electrons. The number of rotatable bonds is 7. The number of carbonyl (C=O) groups excluding carboxylic acids is 2. The second kappa shape index (κ2) is 6.94. The number of aldehydes is 1. The SMILES string of the molecule is O=CCCC(O)C(=O)CCCO. The van der Waals surface area contributed by atoms with Gasteiger partial charge in [0.05, 0.1) is 0 Å². The van der Waals surface area contributed by atoms with Crippen LogP contribution >= 0.6 is 0 Å². The second-order valence-corrected chi connectivity index (χ2v) is 2.55. The molecule has 2 N–H and O–H groups in total. The van der Waals surface area contributed by atoms with E-state index >= 15 is 0 Å². The van der Waals surface area contributed by atoms with E-state index in [1.807, 2.05) is 0 Å². The molecule has 0 aromatic carbocycles. The molecule has 0 bridgehead atoms. The molecule has 0 amide bonds. The van der Waals surface area contributed by atoms with Gasteiger partial charge in [0.15, 0.2) is 5.78 Å². The quantitative estimate of drug-likeness (QED) is 0.518. The molecule has 4 nitrogen and oxygen atoms in total. The van der Waals surface area contributed by atoms with Crippen LogP contribution in [0.5, 0.6) is 0 Å². The van der Waals surface area contributed by atoms with E-state index < -0.39 is 6.10 Å². The molecule has 0 radical (unpaired) electrons. The van der Waals surface area contributed by atoms with Gasteiger partial charge >= 0.3 is 0 Å². The van der Waals surface area contributed by atoms with E-state index in [9.17, 15) is 9.59 Å². The Bertz CT molecular complexity index is 144. The fourth-order valence-corrected chi connectivity index (χ4v) is 0.807. The highest BCUT2D eigenvalue weighted by Crippen LogP contribution is 2.01. The van der Waals surface area contributed by atoms with Crippen LogP contribution in [0.1, 0.15) is 25.7 Å². The summed E-state index contributed by atoms with van der Waals surface area (Å²) < 4.78 is 0. The van der Waals surface area contributed by atoms with E-state index in [0.717, 1.165) is 0 Å². The molecule has 0 fully saturated rings. The summed E-state index contributed by atoms with van der Waals surface area (Å²) in [7, 11) is 0. The first kappa shape index (κ1) is 11.3. The maximum Gasteiger partial charge on any atom is 0.161 e. The van der Waals surface area contributed by atoms with E-state index in [1.165, 1.54) is 0 Å². The smallest absolute Gasteiger partial charge is 0.161 e. The summed E-state index contributed by atoms with van der Waals surface area (Å²) in [6, 6.07) is 0. The van der Waals surface area contributed by atoms with Gasteiger partial charge in [-0.25, -0.2) is 0 Å². The summed E-state index contributed by atoms with van der Waals surface area (Å²) in [5.41, 5.74) is 0. The normalized spacial score (nSPS) is 12.5. The molecule has 4 heteroatoms. The number of ketones is 1. The third-order valence-electron chi connectivity index (χ3n) is 1.51. The molecule has 0 rings (SSSR count). The number of aliphatic hydroxyl groups is 2. The van der Waals surface area contributed by atoms with Crippen molar-refractivity contribution >= 4 is 12.1 Å². The van der Waals surface area contributed by atoms with Crippen LogP contribution < -0.4 is 0 Å². The van der Waals surface area contributed by atoms with Gasteiger partial charge in [0.25, 0.3) is 0 Å². The molecule has 0 aliphatic heterocycles. The van der Waals surface area contributed by atoms with Crippen LogP contribution in [0, 0.1) is 0 Å². The summed E-state index contributed by atoms with van der Waals surface area (Å²) in [6.07, 6.45) is 0.567. The lowest BCUT2D eigenvalue weighted by Crippen LogP contribution is -2.20. The van der Waals surface area contributed by atoms with Gasteiger partial charge in [0.2, 0.25) is 0 Å². The van der Waals surface area contributed by atoms with Crippen LogP contribution in [0.2, 0.25) is 0 Å². The van der Waals surface area contributed by atoms with Crippen LogP contribution in [0.15, 0.2) is 0 Å². The van der Waals surface area contributed by atoms with E-state index in [2.05, 4.69) is 0 Å². The summed E-state index contributed by atoms with van der Waals surface area (Å²) >= 11 is 0. The lowest BCUT2D eigenvalue weighted by atomic mass is 10.1. The zero-order valence-corrected chi connectivity index (χ0v) is 6.90. The molecule has 0 saturated carbocycles. The number of hydrogen-bond acceptors (Lipinski definition) is 4. The predicted molar refractivity (Wildman–Crippen MR) is 42.6 cm³/mol. The van der Waals surface area contributed by atoms with Crippen LogP contribution in [0.25, 0.3) is 0 Å². The van der Waals surface area contributed by atoms with Crippen molar-refractivity contribution in [3.63, 3.8) is 0 Å². The minimum atomic E-state index is -1.04. The Morgan fingerprint density at radius 3 is 2.67 bits per heavy atom. The van der Waals surface area contributed by atoms with Gasteiger partial charge < -0.3 is 15.0 Å². The third-order valence-corrected chi connectivity index (χ3v) is 1.51. The van der Waals surface area contributed by atoms with E-state index in [1.54, 1.807) is 0 Å². The van der Waals surface area contributed by atoms with Gasteiger partial charge in [-0.15, -0.1) is 0 Å². The topological polar surface area (TPSA) is 74.6 Å². The maximum atomic E-state index is 10.9. The molecular weight excluding hydrogens is 160 g/mol. The summed E-state index contributed by atoms with van der Waals surface area (Å²) in [4.78, 5) is 20.8. The van der Waals surface area contributed by atoms with Gasteiger partial charge in [0.1, 0.15) is 12.4 Å². The highest BCUT2D eigenvalue weighted by molar-refractivity contribution is 5.82. The molecule has 0 heterocycles. The highest BCUT2D eigenvalue weighted by Gasteiger charge is 2.12. The van der Waals surface area contributed by atoms with E-state index in [-0.39, 0.29) is 31.7 Å². The standard InChI is InChI=1S/C8H14O4/c9-5-1-3-7(11)8(12)4-2-6-10/h5,7,10-11H,1-4,6H2. The Morgan fingerprint density at radius 1 is 1.50 bits per heavy atom. The summed E-state index contributed by atoms with van der Waals surface area (Å²) in [5.74, 6) is -0.300. The molecule has 1 atom stereocenters. The molecule has 12 heavy (non-hydrogen) atoms. The molecule has 0 spiro atoms. The molecule has 0 aromatic heterocycles. The van der Waals surface area contributed by atoms with Crippen molar-refractivity contribution in [2.75, 3.05) is 6.61 Å². The molecular formula is C8H14O4. The van der Waals surface area contributed by atoms with Crippen molar-refractivity contribution in [1.82, 2.24) is 0 Å². The first-order valence-electron chi connectivity index (χ1n) is 3.97. The zero-order chi connectivity index (χ0) is 9.40. The minimum Gasteiger partial charge on any atom is -0.396 e. The molecule has 0 aromatic rings. The molecule has 0 saturated heterocycles. The predicted octanol–water partition coefficient (Wildman–Crippen LogP) is -0.332. The second-order valence-electron chi connectivity index (χ2n) is 2.55. The van der Waals surface area contributed by atoms with E-state index in [4.69, 9.17) is 10.2 Å². The molecule has 0 aliphatic carbocycles. The zero-order valence-electron chi connectivity index (χ0n) is 6.90. The largest absolute Gasteiger partial charge is 0.396 e. The van der Waals surface area contributed by atoms with Crippen molar-refractivity contribution in [2.45, 2.75) is 31.8 Å². The highest BCUT2D eigenvalue weighted by atomic mass is 16.3. The Hall–Kier alpha value is -0.740. The summed E-state index contributed by atoms with van der Waals surface area (Å²) in [6.45, 7) is -0.0495. The number of carbonyl (C=O) groups is 2. The fraction of sp³-hybridized carbons (Fsp3) is 0.750. The van der Waals surface area contributed by atoms with Gasteiger partial charge in [-0.1, -0.05) is 0 Å². The Labute approximate surface area is 71.2 Å². The average Bonchev–Trinajstić information content (AvgIpc) is 2.10. The van der Waals surface area contributed by atoms with Crippen molar-refractivity contribution in [3.05, 3.63) is 0 Å². The maximum absolute atomic E-state index is 10.9. The number of hydrogen-bond donors (Lipinski definition) is 2. The van der Waals surface area contributed by atoms with Crippen molar-refractivity contribution < 1.29 is 19.8 Å². The molecule has 0 aliphatic rings. The van der Waals surface area contributed by atoms with Gasteiger partial charge in [-0.3, -0.25) is 4.79 Å². The molecule has 1 unspecified atom stereocenters. The monoisotopic (exact) mass is 174 g/mol. The average molecular weight is 174 g/mol. The van der Waals surface area contributed by atoms with Crippen LogP contribution in [-0.4, -0.2) is 35.0 Å². The van der Waals surface area contributed by atoms with Gasteiger partial charge in [0, 0.05) is 19.4 Å². The third kappa shape index (κ3) is 4.98. The van der Waals surface area contributed by atoms with Crippen LogP contribution in [-0.2, 0) is 9.59 Å². The van der Waals surface area contributed by atoms with Crippen LogP contribution in [0.4, 0.5) is 0 Å². The Morgan fingerprint density at radius 2 is 2.17 bits per heavy atom. The lowest BCUT2D eigenvalue weighted by molar-refractivity contribution is -0.127. The van der Waals surface area contributed by atoms with Gasteiger partial charge in [-0.05, 0) is 12.8 Å². The Balaban J connectivity index is 3.53. The first-order valence-corrected chi connectivity index (χ1v) is 3.97. The van der Waals surface area contributed by atoms with Gasteiger partial charge in [-0.2, -0.15) is 0 Å². The van der Waals surface area contributed by atoms with Crippen molar-refractivity contribution in [1.29, 1.82) is 0 Å².